The summed E-state index contributed by atoms with van der Waals surface area (Å²) in [7, 11) is 0. The Labute approximate surface area is 102 Å². The highest BCUT2D eigenvalue weighted by Crippen LogP contribution is 2.21. The molecule has 1 rings (SSSR count). The van der Waals surface area contributed by atoms with Crippen molar-refractivity contribution in [1.29, 1.82) is 0 Å². The number of hydrogen-bond donors (Lipinski definition) is 2. The summed E-state index contributed by atoms with van der Waals surface area (Å²) in [6.45, 7) is 3.21. The van der Waals surface area contributed by atoms with Crippen LogP contribution in [0.5, 0.6) is 0 Å². The molecule has 16 heavy (non-hydrogen) atoms. The van der Waals surface area contributed by atoms with E-state index in [1.165, 1.54) is 0 Å². The zero-order valence-electron chi connectivity index (χ0n) is 8.86. The maximum atomic E-state index is 11.6. The molecule has 0 fully saturated rings. The first kappa shape index (κ1) is 13.0. The van der Waals surface area contributed by atoms with E-state index in [1.54, 1.807) is 26.0 Å². The lowest BCUT2D eigenvalue weighted by molar-refractivity contribution is -0.141. The molecule has 0 aliphatic carbocycles. The molecule has 2 N–H and O–H groups in total. The van der Waals surface area contributed by atoms with E-state index >= 15 is 0 Å². The van der Waals surface area contributed by atoms with Gasteiger partial charge in [0.05, 0.1) is 15.1 Å². The second-order valence-corrected chi connectivity index (χ2v) is 5.21. The average Bonchev–Trinajstić information content (AvgIpc) is 2.63. The SMILES string of the molecule is CC(NC(=O)c1ccc(Cl)s1)C(C)C(=O)O. The van der Waals surface area contributed by atoms with Crippen LogP contribution in [0.3, 0.4) is 0 Å². The van der Waals surface area contributed by atoms with Gasteiger partial charge in [-0.3, -0.25) is 9.59 Å². The van der Waals surface area contributed by atoms with E-state index in [2.05, 4.69) is 5.32 Å². The van der Waals surface area contributed by atoms with E-state index in [4.69, 9.17) is 16.7 Å². The molecule has 1 heterocycles. The third-order valence-electron chi connectivity index (χ3n) is 2.30. The minimum atomic E-state index is -0.933. The van der Waals surface area contributed by atoms with Gasteiger partial charge in [-0.15, -0.1) is 11.3 Å². The Morgan fingerprint density at radius 3 is 2.50 bits per heavy atom. The summed E-state index contributed by atoms with van der Waals surface area (Å²) in [4.78, 5) is 22.8. The second-order valence-electron chi connectivity index (χ2n) is 3.49. The fourth-order valence-electron chi connectivity index (χ4n) is 1.05. The third-order valence-corrected chi connectivity index (χ3v) is 3.53. The van der Waals surface area contributed by atoms with Gasteiger partial charge in [0.25, 0.3) is 5.91 Å². The Morgan fingerprint density at radius 1 is 1.44 bits per heavy atom. The summed E-state index contributed by atoms with van der Waals surface area (Å²) in [5, 5.41) is 11.4. The van der Waals surface area contributed by atoms with Crippen molar-refractivity contribution in [2.75, 3.05) is 0 Å². The molecule has 0 aliphatic rings. The van der Waals surface area contributed by atoms with Crippen LogP contribution in [0.4, 0.5) is 0 Å². The van der Waals surface area contributed by atoms with E-state index < -0.39 is 17.9 Å². The zero-order valence-corrected chi connectivity index (χ0v) is 10.4. The summed E-state index contributed by atoms with van der Waals surface area (Å²) in [5.74, 6) is -1.85. The van der Waals surface area contributed by atoms with Crippen molar-refractivity contribution < 1.29 is 14.7 Å². The standard InChI is InChI=1S/C10H12ClNO3S/c1-5(10(14)15)6(2)12-9(13)7-3-4-8(11)16-7/h3-6H,1-2H3,(H,12,13)(H,14,15). The molecule has 0 radical (unpaired) electrons. The molecule has 1 aromatic heterocycles. The van der Waals surface area contributed by atoms with Gasteiger partial charge in [0, 0.05) is 6.04 Å². The van der Waals surface area contributed by atoms with Gasteiger partial charge in [0.15, 0.2) is 0 Å². The Morgan fingerprint density at radius 2 is 2.06 bits per heavy atom. The van der Waals surface area contributed by atoms with Crippen molar-refractivity contribution in [3.8, 4) is 0 Å². The predicted octanol–water partition coefficient (Wildman–Crippen LogP) is 2.24. The highest BCUT2D eigenvalue weighted by Gasteiger charge is 2.21. The highest BCUT2D eigenvalue weighted by atomic mass is 35.5. The number of nitrogens with one attached hydrogen (secondary N) is 1. The van der Waals surface area contributed by atoms with E-state index in [9.17, 15) is 9.59 Å². The average molecular weight is 262 g/mol. The Hall–Kier alpha value is -1.07. The van der Waals surface area contributed by atoms with Gasteiger partial charge in [0.1, 0.15) is 0 Å². The Balaban J connectivity index is 2.61. The normalized spacial score (nSPS) is 14.2. The second kappa shape index (κ2) is 5.32. The molecular formula is C10H12ClNO3S. The van der Waals surface area contributed by atoms with Crippen molar-refractivity contribution in [2.45, 2.75) is 19.9 Å². The van der Waals surface area contributed by atoms with E-state index in [0.717, 1.165) is 11.3 Å². The van der Waals surface area contributed by atoms with Crippen LogP contribution >= 0.6 is 22.9 Å². The molecule has 4 nitrogen and oxygen atoms in total. The smallest absolute Gasteiger partial charge is 0.308 e. The number of rotatable bonds is 4. The molecule has 0 saturated carbocycles. The first-order valence-corrected chi connectivity index (χ1v) is 5.90. The fraction of sp³-hybridized carbons (Fsp3) is 0.400. The van der Waals surface area contributed by atoms with Gasteiger partial charge in [-0.1, -0.05) is 11.6 Å². The molecule has 1 aromatic rings. The summed E-state index contributed by atoms with van der Waals surface area (Å²) < 4.78 is 0.532. The maximum absolute atomic E-state index is 11.6. The molecule has 0 aliphatic heterocycles. The van der Waals surface area contributed by atoms with Crippen molar-refractivity contribution in [1.82, 2.24) is 5.32 Å². The van der Waals surface area contributed by atoms with Crippen molar-refractivity contribution in [3.63, 3.8) is 0 Å². The lowest BCUT2D eigenvalue weighted by atomic mass is 10.0. The number of halogens is 1. The monoisotopic (exact) mass is 261 g/mol. The lowest BCUT2D eigenvalue weighted by Gasteiger charge is -2.16. The minimum Gasteiger partial charge on any atom is -0.481 e. The summed E-state index contributed by atoms with van der Waals surface area (Å²) in [5.41, 5.74) is 0. The molecule has 1 amide bonds. The van der Waals surface area contributed by atoms with Crippen LogP contribution in [0.1, 0.15) is 23.5 Å². The van der Waals surface area contributed by atoms with Gasteiger partial charge >= 0.3 is 5.97 Å². The van der Waals surface area contributed by atoms with Crippen molar-refractivity contribution in [2.24, 2.45) is 5.92 Å². The van der Waals surface area contributed by atoms with Crippen molar-refractivity contribution in [3.05, 3.63) is 21.3 Å². The van der Waals surface area contributed by atoms with Crippen molar-refractivity contribution >= 4 is 34.8 Å². The zero-order chi connectivity index (χ0) is 12.3. The van der Waals surface area contributed by atoms with Crippen LogP contribution in [-0.2, 0) is 4.79 Å². The Bertz CT molecular complexity index is 405. The molecule has 0 saturated heterocycles. The summed E-state index contributed by atoms with van der Waals surface area (Å²) >= 11 is 6.86. The van der Waals surface area contributed by atoms with Gasteiger partial charge in [-0.25, -0.2) is 0 Å². The molecule has 0 spiro atoms. The molecule has 2 atom stereocenters. The molecule has 0 aromatic carbocycles. The van der Waals surface area contributed by atoms with E-state index in [1.807, 2.05) is 0 Å². The molecule has 88 valence electrons. The Kier molecular flexibility index (Phi) is 4.32. The van der Waals surface area contributed by atoms with Crippen LogP contribution in [0.25, 0.3) is 0 Å². The minimum absolute atomic E-state index is 0.294. The van der Waals surface area contributed by atoms with Gasteiger partial charge in [0.2, 0.25) is 0 Å². The van der Waals surface area contributed by atoms with E-state index in [0.29, 0.717) is 9.21 Å². The van der Waals surface area contributed by atoms with Crippen LogP contribution in [0, 0.1) is 5.92 Å². The van der Waals surface area contributed by atoms with Gasteiger partial charge in [-0.2, -0.15) is 0 Å². The van der Waals surface area contributed by atoms with Crippen LogP contribution in [0.2, 0.25) is 4.34 Å². The number of amides is 1. The van der Waals surface area contributed by atoms with Crippen LogP contribution < -0.4 is 5.32 Å². The van der Waals surface area contributed by atoms with Gasteiger partial charge < -0.3 is 10.4 Å². The number of carbonyl (C=O) groups is 2. The number of carbonyl (C=O) groups excluding carboxylic acids is 1. The fourth-order valence-corrected chi connectivity index (χ4v) is 2.00. The van der Waals surface area contributed by atoms with E-state index in [-0.39, 0.29) is 5.91 Å². The number of thiophene rings is 1. The molecular weight excluding hydrogens is 250 g/mol. The first-order valence-electron chi connectivity index (χ1n) is 4.71. The summed E-state index contributed by atoms with van der Waals surface area (Å²) in [6.07, 6.45) is 0. The topological polar surface area (TPSA) is 66.4 Å². The van der Waals surface area contributed by atoms with Crippen LogP contribution in [-0.4, -0.2) is 23.0 Å². The summed E-state index contributed by atoms with van der Waals surface area (Å²) in [6, 6.07) is 2.82. The third kappa shape index (κ3) is 3.21. The number of aliphatic carboxylic acids is 1. The number of carboxylic acids is 1. The highest BCUT2D eigenvalue weighted by molar-refractivity contribution is 7.17. The predicted molar refractivity (Wildman–Crippen MR) is 63.1 cm³/mol. The largest absolute Gasteiger partial charge is 0.481 e. The molecule has 0 bridgehead atoms. The maximum Gasteiger partial charge on any atom is 0.308 e. The van der Waals surface area contributed by atoms with Crippen LogP contribution in [0.15, 0.2) is 12.1 Å². The molecule has 6 heteroatoms. The van der Waals surface area contributed by atoms with Gasteiger partial charge in [-0.05, 0) is 26.0 Å². The lowest BCUT2D eigenvalue weighted by Crippen LogP contribution is -2.39. The first-order chi connectivity index (χ1) is 7.41. The number of carboxylic acid groups (broad SMARTS) is 1. The number of hydrogen-bond acceptors (Lipinski definition) is 3. The quantitative estimate of drug-likeness (QED) is 0.874. The molecule has 2 unspecified atom stereocenters.